The van der Waals surface area contributed by atoms with Crippen LogP contribution in [0.5, 0.6) is 0 Å². The maximum atomic E-state index is 9.34. The number of aliphatic hydroxyl groups excluding tert-OH is 3. The monoisotopic (exact) mass is 176 g/mol. The van der Waals surface area contributed by atoms with Crippen molar-refractivity contribution in [3.05, 3.63) is 0 Å². The maximum Gasteiger partial charge on any atom is 0.0564 e. The van der Waals surface area contributed by atoms with Crippen LogP contribution < -0.4 is 0 Å². The van der Waals surface area contributed by atoms with Crippen LogP contribution in [0.2, 0.25) is 0 Å². The third-order valence-electron chi connectivity index (χ3n) is 2.18. The minimum absolute atomic E-state index is 0.0384. The Bertz CT molecular complexity index is 95.8. The van der Waals surface area contributed by atoms with Gasteiger partial charge in [-0.15, -0.1) is 0 Å². The first kappa shape index (κ1) is 11.9. The summed E-state index contributed by atoms with van der Waals surface area (Å²) in [5.41, 5.74) is 0. The lowest BCUT2D eigenvalue weighted by molar-refractivity contribution is 0.101. The van der Waals surface area contributed by atoms with E-state index in [2.05, 4.69) is 0 Å². The molecule has 3 nitrogen and oxygen atoms in total. The fourth-order valence-electron chi connectivity index (χ4n) is 1.32. The summed E-state index contributed by atoms with van der Waals surface area (Å²) in [5, 5.41) is 26.6. The Morgan fingerprint density at radius 3 is 2.08 bits per heavy atom. The Hall–Kier alpha value is -0.120. The van der Waals surface area contributed by atoms with E-state index >= 15 is 0 Å². The van der Waals surface area contributed by atoms with Crippen LogP contribution in [0.3, 0.4) is 0 Å². The molecule has 2 unspecified atom stereocenters. The van der Waals surface area contributed by atoms with Crippen molar-refractivity contribution in [3.8, 4) is 0 Å². The molecule has 3 N–H and O–H groups in total. The predicted molar refractivity (Wildman–Crippen MR) is 47.8 cm³/mol. The lowest BCUT2D eigenvalue weighted by atomic mass is 9.94. The van der Waals surface area contributed by atoms with Crippen molar-refractivity contribution >= 4 is 0 Å². The quantitative estimate of drug-likeness (QED) is 0.530. The first-order valence-corrected chi connectivity index (χ1v) is 4.64. The zero-order valence-electron chi connectivity index (χ0n) is 7.74. The highest BCUT2D eigenvalue weighted by molar-refractivity contribution is 4.63. The van der Waals surface area contributed by atoms with Crippen LogP contribution in [0.25, 0.3) is 0 Å². The molecule has 0 spiro atoms. The van der Waals surface area contributed by atoms with Gasteiger partial charge in [0.1, 0.15) is 0 Å². The molecule has 0 aliphatic carbocycles. The number of hydrogen-bond donors (Lipinski definition) is 3. The van der Waals surface area contributed by atoms with Gasteiger partial charge in [-0.3, -0.25) is 0 Å². The zero-order chi connectivity index (χ0) is 9.40. The van der Waals surface area contributed by atoms with E-state index in [4.69, 9.17) is 10.2 Å². The summed E-state index contributed by atoms with van der Waals surface area (Å²) >= 11 is 0. The van der Waals surface area contributed by atoms with Crippen molar-refractivity contribution in [3.63, 3.8) is 0 Å². The van der Waals surface area contributed by atoms with E-state index in [0.717, 1.165) is 12.8 Å². The molecular weight excluding hydrogens is 156 g/mol. The molecule has 12 heavy (non-hydrogen) atoms. The van der Waals surface area contributed by atoms with E-state index in [9.17, 15) is 5.11 Å². The van der Waals surface area contributed by atoms with Crippen LogP contribution in [0, 0.1) is 5.92 Å². The largest absolute Gasteiger partial charge is 0.396 e. The van der Waals surface area contributed by atoms with Gasteiger partial charge >= 0.3 is 0 Å². The molecule has 0 bridgehead atoms. The first-order chi connectivity index (χ1) is 5.74. The predicted octanol–water partition coefficient (Wildman–Crippen LogP) is 0.528. The second kappa shape index (κ2) is 7.53. The van der Waals surface area contributed by atoms with Gasteiger partial charge in [0.25, 0.3) is 0 Å². The summed E-state index contributed by atoms with van der Waals surface area (Å²) < 4.78 is 0. The average Bonchev–Trinajstić information content (AvgIpc) is 2.04. The van der Waals surface area contributed by atoms with Gasteiger partial charge in [-0.2, -0.15) is 0 Å². The van der Waals surface area contributed by atoms with Gasteiger partial charge in [0, 0.05) is 13.2 Å². The normalized spacial score (nSPS) is 16.0. The van der Waals surface area contributed by atoms with Crippen LogP contribution in [-0.4, -0.2) is 34.6 Å². The minimum atomic E-state index is -0.411. The highest BCUT2D eigenvalue weighted by atomic mass is 16.3. The second-order valence-corrected chi connectivity index (χ2v) is 3.19. The van der Waals surface area contributed by atoms with Gasteiger partial charge in [0.2, 0.25) is 0 Å². The van der Waals surface area contributed by atoms with Crippen molar-refractivity contribution in [2.24, 2.45) is 5.92 Å². The summed E-state index contributed by atoms with van der Waals surface area (Å²) in [7, 11) is 0. The lowest BCUT2D eigenvalue weighted by Gasteiger charge is -2.16. The molecule has 0 heterocycles. The fraction of sp³-hybridized carbons (Fsp3) is 1.00. The molecule has 0 rings (SSSR count). The van der Waals surface area contributed by atoms with Crippen LogP contribution >= 0.6 is 0 Å². The van der Waals surface area contributed by atoms with Gasteiger partial charge in [-0.05, 0) is 25.2 Å². The summed E-state index contributed by atoms with van der Waals surface area (Å²) in [6.07, 6.45) is 2.45. The van der Waals surface area contributed by atoms with E-state index in [-0.39, 0.29) is 13.2 Å². The molecule has 74 valence electrons. The van der Waals surface area contributed by atoms with Crippen molar-refractivity contribution in [1.82, 2.24) is 0 Å². The summed E-state index contributed by atoms with van der Waals surface area (Å²) in [6.45, 7) is 2.27. The number of aliphatic hydroxyl groups is 3. The third-order valence-corrected chi connectivity index (χ3v) is 2.18. The zero-order valence-corrected chi connectivity index (χ0v) is 7.74. The molecule has 0 aromatic rings. The second-order valence-electron chi connectivity index (χ2n) is 3.19. The van der Waals surface area contributed by atoms with Gasteiger partial charge in [-0.25, -0.2) is 0 Å². The van der Waals surface area contributed by atoms with Crippen molar-refractivity contribution in [2.75, 3.05) is 13.2 Å². The fourth-order valence-corrected chi connectivity index (χ4v) is 1.32. The van der Waals surface area contributed by atoms with Crippen LogP contribution in [0.4, 0.5) is 0 Å². The summed E-state index contributed by atoms with van der Waals surface area (Å²) in [4.78, 5) is 0. The Balaban J connectivity index is 3.53. The topological polar surface area (TPSA) is 60.7 Å². The highest BCUT2D eigenvalue weighted by Gasteiger charge is 2.11. The van der Waals surface area contributed by atoms with E-state index in [0.29, 0.717) is 18.8 Å². The maximum absolute atomic E-state index is 9.34. The Morgan fingerprint density at radius 2 is 1.67 bits per heavy atom. The molecular formula is C9H20O3. The van der Waals surface area contributed by atoms with E-state index < -0.39 is 6.10 Å². The Morgan fingerprint density at radius 1 is 1.08 bits per heavy atom. The first-order valence-electron chi connectivity index (χ1n) is 4.64. The van der Waals surface area contributed by atoms with E-state index in [1.165, 1.54) is 0 Å². The molecule has 0 saturated heterocycles. The van der Waals surface area contributed by atoms with E-state index in [1.54, 1.807) is 0 Å². The molecule has 0 aromatic carbocycles. The molecule has 0 fully saturated rings. The minimum Gasteiger partial charge on any atom is -0.396 e. The van der Waals surface area contributed by atoms with Crippen molar-refractivity contribution < 1.29 is 15.3 Å². The summed E-state index contributed by atoms with van der Waals surface area (Å²) in [5.74, 6) is 0.386. The van der Waals surface area contributed by atoms with Gasteiger partial charge in [-0.1, -0.05) is 13.3 Å². The molecule has 0 aromatic heterocycles. The molecule has 0 amide bonds. The molecule has 0 saturated carbocycles. The highest BCUT2D eigenvalue weighted by Crippen LogP contribution is 2.16. The number of rotatable bonds is 7. The van der Waals surface area contributed by atoms with Gasteiger partial charge < -0.3 is 15.3 Å². The SMILES string of the molecule is CCC(CCO)CC(O)CCO. The third kappa shape index (κ3) is 5.52. The van der Waals surface area contributed by atoms with Gasteiger partial charge in [0.05, 0.1) is 6.10 Å². The Labute approximate surface area is 74.0 Å². The molecule has 0 radical (unpaired) electrons. The van der Waals surface area contributed by atoms with Crippen LogP contribution in [0.15, 0.2) is 0 Å². The van der Waals surface area contributed by atoms with Crippen molar-refractivity contribution in [1.29, 1.82) is 0 Å². The smallest absolute Gasteiger partial charge is 0.0564 e. The van der Waals surface area contributed by atoms with Crippen LogP contribution in [-0.2, 0) is 0 Å². The molecule has 3 heteroatoms. The molecule has 2 atom stereocenters. The number of hydrogen-bond acceptors (Lipinski definition) is 3. The van der Waals surface area contributed by atoms with Gasteiger partial charge in [0.15, 0.2) is 0 Å². The lowest BCUT2D eigenvalue weighted by Crippen LogP contribution is -2.15. The molecule has 0 aliphatic rings. The average molecular weight is 176 g/mol. The Kier molecular flexibility index (Phi) is 7.45. The summed E-state index contributed by atoms with van der Waals surface area (Å²) in [6, 6.07) is 0. The van der Waals surface area contributed by atoms with Crippen molar-refractivity contribution in [2.45, 2.75) is 38.7 Å². The molecule has 0 aliphatic heterocycles. The standard InChI is InChI=1S/C9H20O3/c1-2-8(3-5-10)7-9(12)4-6-11/h8-12H,2-7H2,1H3. The van der Waals surface area contributed by atoms with Crippen LogP contribution in [0.1, 0.15) is 32.6 Å². The van der Waals surface area contributed by atoms with E-state index in [1.807, 2.05) is 6.92 Å².